The average molecular weight is 277 g/mol. The lowest BCUT2D eigenvalue weighted by Gasteiger charge is -2.31. The summed E-state index contributed by atoms with van der Waals surface area (Å²) in [7, 11) is 0. The van der Waals surface area contributed by atoms with Gasteiger partial charge < -0.3 is 11.1 Å². The summed E-state index contributed by atoms with van der Waals surface area (Å²) in [5, 5.41) is 3.20. The predicted molar refractivity (Wildman–Crippen MR) is 78.9 cm³/mol. The van der Waals surface area contributed by atoms with E-state index in [9.17, 15) is 4.79 Å². The molecule has 3 N–H and O–H groups in total. The van der Waals surface area contributed by atoms with Crippen LogP contribution in [0.3, 0.4) is 0 Å². The fourth-order valence-corrected chi connectivity index (χ4v) is 2.79. The van der Waals surface area contributed by atoms with Gasteiger partial charge in [-0.25, -0.2) is 0 Å². The zero-order valence-electron chi connectivity index (χ0n) is 11.8. The molecule has 4 heteroatoms. The first kappa shape index (κ1) is 17.7. The number of nitrogens with one attached hydrogen (secondary N) is 1. The maximum absolute atomic E-state index is 11.9. The Bertz CT molecular complexity index is 232. The van der Waals surface area contributed by atoms with Gasteiger partial charge in [0.1, 0.15) is 0 Å². The second kappa shape index (κ2) is 9.62. The highest BCUT2D eigenvalue weighted by Crippen LogP contribution is 2.24. The van der Waals surface area contributed by atoms with Gasteiger partial charge in [0.25, 0.3) is 0 Å². The van der Waals surface area contributed by atoms with E-state index in [-0.39, 0.29) is 18.3 Å². The zero-order chi connectivity index (χ0) is 12.7. The standard InChI is InChI=1S/C14H28N2O.ClH/c1-3-11(4-2)9-14(17)16-13-8-6-5-7-12(13)10-15;/h11-13H,3-10,15H2,1-2H3,(H,16,17);1H. The first-order chi connectivity index (χ1) is 8.21. The van der Waals surface area contributed by atoms with Crippen LogP contribution in [0.15, 0.2) is 0 Å². The highest BCUT2D eigenvalue weighted by atomic mass is 35.5. The molecule has 1 rings (SSSR count). The Labute approximate surface area is 118 Å². The van der Waals surface area contributed by atoms with Gasteiger partial charge >= 0.3 is 0 Å². The van der Waals surface area contributed by atoms with Crippen LogP contribution in [0.2, 0.25) is 0 Å². The Morgan fingerprint density at radius 2 is 1.89 bits per heavy atom. The highest BCUT2D eigenvalue weighted by molar-refractivity contribution is 5.85. The maximum atomic E-state index is 11.9. The molecule has 0 aromatic rings. The van der Waals surface area contributed by atoms with Crippen LogP contribution in [0, 0.1) is 11.8 Å². The molecule has 1 aliphatic carbocycles. The van der Waals surface area contributed by atoms with E-state index in [0.717, 1.165) is 19.3 Å². The molecule has 0 bridgehead atoms. The van der Waals surface area contributed by atoms with Crippen molar-refractivity contribution in [2.45, 2.75) is 64.8 Å². The van der Waals surface area contributed by atoms with Crippen molar-refractivity contribution in [3.63, 3.8) is 0 Å². The normalized spacial score (nSPS) is 23.6. The summed E-state index contributed by atoms with van der Waals surface area (Å²) in [4.78, 5) is 11.9. The van der Waals surface area contributed by atoms with E-state index >= 15 is 0 Å². The fourth-order valence-electron chi connectivity index (χ4n) is 2.79. The molecule has 0 heterocycles. The molecule has 1 fully saturated rings. The molecule has 0 aliphatic heterocycles. The first-order valence-electron chi connectivity index (χ1n) is 7.20. The van der Waals surface area contributed by atoms with Gasteiger partial charge in [0, 0.05) is 12.5 Å². The van der Waals surface area contributed by atoms with Crippen LogP contribution in [0.25, 0.3) is 0 Å². The van der Waals surface area contributed by atoms with Crippen molar-refractivity contribution in [3.05, 3.63) is 0 Å². The lowest BCUT2D eigenvalue weighted by Crippen LogP contribution is -2.45. The molecule has 0 radical (unpaired) electrons. The quantitative estimate of drug-likeness (QED) is 0.784. The van der Waals surface area contributed by atoms with Gasteiger partial charge in [0.2, 0.25) is 5.91 Å². The van der Waals surface area contributed by atoms with Gasteiger partial charge in [-0.15, -0.1) is 12.4 Å². The van der Waals surface area contributed by atoms with Gasteiger partial charge in [-0.3, -0.25) is 4.79 Å². The summed E-state index contributed by atoms with van der Waals surface area (Å²) in [5.41, 5.74) is 5.77. The lowest BCUT2D eigenvalue weighted by molar-refractivity contribution is -0.123. The van der Waals surface area contributed by atoms with E-state index < -0.39 is 0 Å². The maximum Gasteiger partial charge on any atom is 0.220 e. The zero-order valence-corrected chi connectivity index (χ0v) is 12.6. The Balaban J connectivity index is 0.00000289. The van der Waals surface area contributed by atoms with Crippen LogP contribution < -0.4 is 11.1 Å². The second-order valence-corrected chi connectivity index (χ2v) is 5.34. The van der Waals surface area contributed by atoms with Crippen molar-refractivity contribution in [1.29, 1.82) is 0 Å². The van der Waals surface area contributed by atoms with E-state index in [1.165, 1.54) is 19.3 Å². The minimum Gasteiger partial charge on any atom is -0.353 e. The van der Waals surface area contributed by atoms with Gasteiger partial charge in [0.15, 0.2) is 0 Å². The third kappa shape index (κ3) is 5.57. The molecule has 2 atom stereocenters. The third-order valence-corrected chi connectivity index (χ3v) is 4.19. The van der Waals surface area contributed by atoms with E-state index in [1.54, 1.807) is 0 Å². The average Bonchev–Trinajstić information content (AvgIpc) is 2.36. The minimum absolute atomic E-state index is 0. The number of carbonyl (C=O) groups excluding carboxylic acids is 1. The molecule has 1 amide bonds. The van der Waals surface area contributed by atoms with Crippen LogP contribution in [-0.2, 0) is 4.79 Å². The fraction of sp³-hybridized carbons (Fsp3) is 0.929. The monoisotopic (exact) mass is 276 g/mol. The Hall–Kier alpha value is -0.280. The highest BCUT2D eigenvalue weighted by Gasteiger charge is 2.25. The van der Waals surface area contributed by atoms with Crippen molar-refractivity contribution < 1.29 is 4.79 Å². The number of carbonyl (C=O) groups is 1. The molecular formula is C14H29ClN2O. The Morgan fingerprint density at radius 3 is 2.44 bits per heavy atom. The molecule has 2 unspecified atom stereocenters. The summed E-state index contributed by atoms with van der Waals surface area (Å²) < 4.78 is 0. The number of nitrogens with two attached hydrogens (primary N) is 1. The van der Waals surface area contributed by atoms with Crippen LogP contribution in [0.1, 0.15) is 58.8 Å². The molecule has 3 nitrogen and oxygen atoms in total. The first-order valence-corrected chi connectivity index (χ1v) is 7.20. The van der Waals surface area contributed by atoms with Crippen molar-refractivity contribution in [2.24, 2.45) is 17.6 Å². The van der Waals surface area contributed by atoms with E-state index in [0.29, 0.717) is 30.8 Å². The van der Waals surface area contributed by atoms with Crippen LogP contribution >= 0.6 is 12.4 Å². The molecule has 108 valence electrons. The van der Waals surface area contributed by atoms with Crippen molar-refractivity contribution in [2.75, 3.05) is 6.54 Å². The van der Waals surface area contributed by atoms with Crippen LogP contribution in [0.4, 0.5) is 0 Å². The molecular weight excluding hydrogens is 248 g/mol. The van der Waals surface area contributed by atoms with Gasteiger partial charge in [0.05, 0.1) is 0 Å². The molecule has 18 heavy (non-hydrogen) atoms. The summed E-state index contributed by atoms with van der Waals surface area (Å²) in [6.45, 7) is 5.02. The molecule has 0 aromatic carbocycles. The van der Waals surface area contributed by atoms with E-state index in [4.69, 9.17) is 5.73 Å². The van der Waals surface area contributed by atoms with Crippen LogP contribution in [-0.4, -0.2) is 18.5 Å². The minimum atomic E-state index is 0. The van der Waals surface area contributed by atoms with E-state index in [1.807, 2.05) is 0 Å². The SMILES string of the molecule is CCC(CC)CC(=O)NC1CCCCC1CN.Cl. The Kier molecular flexibility index (Phi) is 9.47. The molecule has 0 saturated heterocycles. The van der Waals surface area contributed by atoms with Gasteiger partial charge in [-0.05, 0) is 31.2 Å². The van der Waals surface area contributed by atoms with Crippen molar-refractivity contribution in [3.8, 4) is 0 Å². The van der Waals surface area contributed by atoms with E-state index in [2.05, 4.69) is 19.2 Å². The number of hydrogen-bond donors (Lipinski definition) is 2. The predicted octanol–water partition coefficient (Wildman–Crippen LogP) is 2.87. The molecule has 1 aliphatic rings. The third-order valence-electron chi connectivity index (χ3n) is 4.19. The number of rotatable bonds is 6. The van der Waals surface area contributed by atoms with Crippen molar-refractivity contribution in [1.82, 2.24) is 5.32 Å². The summed E-state index contributed by atoms with van der Waals surface area (Å²) in [6.07, 6.45) is 7.64. The summed E-state index contributed by atoms with van der Waals surface area (Å²) in [6, 6.07) is 0.329. The largest absolute Gasteiger partial charge is 0.353 e. The number of hydrogen-bond acceptors (Lipinski definition) is 2. The molecule has 1 saturated carbocycles. The van der Waals surface area contributed by atoms with Crippen LogP contribution in [0.5, 0.6) is 0 Å². The summed E-state index contributed by atoms with van der Waals surface area (Å²) >= 11 is 0. The van der Waals surface area contributed by atoms with Gasteiger partial charge in [-0.2, -0.15) is 0 Å². The van der Waals surface area contributed by atoms with Crippen molar-refractivity contribution >= 4 is 18.3 Å². The van der Waals surface area contributed by atoms with Gasteiger partial charge in [-0.1, -0.05) is 39.5 Å². The topological polar surface area (TPSA) is 55.1 Å². The second-order valence-electron chi connectivity index (χ2n) is 5.34. The number of halogens is 1. The molecule has 0 aromatic heterocycles. The Morgan fingerprint density at radius 1 is 1.28 bits per heavy atom. The lowest BCUT2D eigenvalue weighted by atomic mass is 9.84. The molecule has 0 spiro atoms. The number of amides is 1. The smallest absolute Gasteiger partial charge is 0.220 e. The summed E-state index contributed by atoms with van der Waals surface area (Å²) in [5.74, 6) is 1.26.